The summed E-state index contributed by atoms with van der Waals surface area (Å²) < 4.78 is 33.8. The highest BCUT2D eigenvalue weighted by Crippen LogP contribution is 2.30. The van der Waals surface area contributed by atoms with Crippen molar-refractivity contribution in [1.82, 2.24) is 0 Å². The molecule has 0 spiro atoms. The molecule has 0 aliphatic heterocycles. The van der Waals surface area contributed by atoms with Gasteiger partial charge in [0.25, 0.3) is 15.9 Å². The van der Waals surface area contributed by atoms with Gasteiger partial charge in [0.2, 0.25) is 0 Å². The van der Waals surface area contributed by atoms with Crippen molar-refractivity contribution >= 4 is 33.0 Å². The van der Waals surface area contributed by atoms with E-state index < -0.39 is 10.0 Å². The Hall–Kier alpha value is -3.36. The quantitative estimate of drug-likeness (QED) is 0.524. The van der Waals surface area contributed by atoms with Crippen molar-refractivity contribution in [2.45, 2.75) is 31.1 Å². The summed E-state index contributed by atoms with van der Waals surface area (Å²) in [5, 5.41) is 2.79. The van der Waals surface area contributed by atoms with E-state index >= 15 is 0 Å². The molecule has 0 fully saturated rings. The van der Waals surface area contributed by atoms with Gasteiger partial charge in [-0.25, -0.2) is 8.42 Å². The number of amides is 1. The number of hydrogen-bond acceptors (Lipinski definition) is 4. The molecule has 168 valence electrons. The number of quaternary nitrogens is 1. The van der Waals surface area contributed by atoms with Crippen molar-refractivity contribution in [3.05, 3.63) is 77.9 Å². The molecule has 0 radical (unpaired) electrons. The van der Waals surface area contributed by atoms with Crippen LogP contribution < -0.4 is 20.5 Å². The Balaban J connectivity index is 1.86. The maximum atomic E-state index is 13.0. The molecule has 0 unspecified atom stereocenters. The predicted molar refractivity (Wildman–Crippen MR) is 126 cm³/mol. The fourth-order valence-corrected chi connectivity index (χ4v) is 4.43. The molecule has 0 saturated heterocycles. The summed E-state index contributed by atoms with van der Waals surface area (Å²) in [6, 6.07) is 18.6. The monoisotopic (exact) mass is 454 g/mol. The minimum absolute atomic E-state index is 0.0216. The molecule has 0 atom stereocenters. The average molecular weight is 455 g/mol. The van der Waals surface area contributed by atoms with Crippen LogP contribution in [-0.2, 0) is 15.4 Å². The summed E-state index contributed by atoms with van der Waals surface area (Å²) in [6.45, 7) is 6.30. The molecule has 7 nitrogen and oxygen atoms in total. The van der Waals surface area contributed by atoms with Crippen molar-refractivity contribution in [3.63, 3.8) is 0 Å². The highest BCUT2D eigenvalue weighted by Gasteiger charge is 2.22. The number of carbonyl (C=O) groups is 1. The average Bonchev–Trinajstić information content (AvgIpc) is 2.74. The molecular weight excluding hydrogens is 426 g/mol. The number of rotatable bonds is 6. The summed E-state index contributed by atoms with van der Waals surface area (Å²) in [4.78, 5) is 12.8. The molecule has 3 rings (SSSR count). The van der Waals surface area contributed by atoms with Gasteiger partial charge in [-0.2, -0.15) is 0 Å². The van der Waals surface area contributed by atoms with E-state index in [2.05, 4.69) is 36.5 Å². The molecular formula is C24H28N3O4S+. The fraction of sp³-hybridized carbons (Fsp3) is 0.208. The third kappa shape index (κ3) is 5.27. The number of anilines is 2. The molecule has 3 aromatic carbocycles. The first kappa shape index (κ1) is 23.3. The van der Waals surface area contributed by atoms with Gasteiger partial charge in [0.1, 0.15) is 16.3 Å². The lowest BCUT2D eigenvalue weighted by atomic mass is 9.87. The van der Waals surface area contributed by atoms with Gasteiger partial charge < -0.3 is 15.8 Å². The molecule has 3 aromatic rings. The second-order valence-corrected chi connectivity index (χ2v) is 10.1. The van der Waals surface area contributed by atoms with Crippen LogP contribution in [0.2, 0.25) is 0 Å². The third-order valence-electron chi connectivity index (χ3n) is 4.95. The number of methoxy groups -OCH3 is 1. The summed E-state index contributed by atoms with van der Waals surface area (Å²) >= 11 is 0. The van der Waals surface area contributed by atoms with Crippen LogP contribution in [0.4, 0.5) is 17.1 Å². The zero-order valence-corrected chi connectivity index (χ0v) is 19.4. The Kier molecular flexibility index (Phi) is 6.57. The first-order chi connectivity index (χ1) is 15.0. The second kappa shape index (κ2) is 9.02. The molecule has 0 heterocycles. The Morgan fingerprint density at radius 2 is 1.56 bits per heavy atom. The molecule has 5 N–H and O–H groups in total. The molecule has 1 amide bonds. The van der Waals surface area contributed by atoms with Crippen molar-refractivity contribution in [2.75, 3.05) is 17.1 Å². The Labute approximate surface area is 188 Å². The van der Waals surface area contributed by atoms with Crippen LogP contribution >= 0.6 is 0 Å². The van der Waals surface area contributed by atoms with Gasteiger partial charge in [0.15, 0.2) is 0 Å². The summed E-state index contributed by atoms with van der Waals surface area (Å²) in [7, 11) is -2.59. The van der Waals surface area contributed by atoms with E-state index in [-0.39, 0.29) is 27.7 Å². The summed E-state index contributed by atoms with van der Waals surface area (Å²) in [6.07, 6.45) is 0. The van der Waals surface area contributed by atoms with Crippen LogP contribution in [0.1, 0.15) is 36.7 Å². The molecule has 0 aliphatic carbocycles. The van der Waals surface area contributed by atoms with Gasteiger partial charge in [-0.15, -0.1) is 0 Å². The van der Waals surface area contributed by atoms with E-state index in [1.165, 1.54) is 13.2 Å². The minimum Gasteiger partial charge on any atom is -0.495 e. The Morgan fingerprint density at radius 3 is 2.16 bits per heavy atom. The number of nitrogens with one attached hydrogen (secondary N) is 2. The van der Waals surface area contributed by atoms with Gasteiger partial charge >= 0.3 is 0 Å². The van der Waals surface area contributed by atoms with Gasteiger partial charge in [0.05, 0.1) is 18.5 Å². The number of sulfonamides is 1. The van der Waals surface area contributed by atoms with E-state index in [1.807, 2.05) is 12.1 Å². The smallest absolute Gasteiger partial charge is 0.265 e. The number of benzene rings is 3. The lowest BCUT2D eigenvalue weighted by Gasteiger charge is -2.19. The predicted octanol–water partition coefficient (Wildman–Crippen LogP) is 3.92. The molecule has 0 aliphatic rings. The lowest BCUT2D eigenvalue weighted by molar-refractivity contribution is -0.255. The van der Waals surface area contributed by atoms with E-state index in [0.29, 0.717) is 16.9 Å². The highest BCUT2D eigenvalue weighted by atomic mass is 32.2. The Bertz CT molecular complexity index is 1230. The molecule has 0 bridgehead atoms. The van der Waals surface area contributed by atoms with Crippen LogP contribution in [0.3, 0.4) is 0 Å². The van der Waals surface area contributed by atoms with Gasteiger partial charge in [0, 0.05) is 17.7 Å². The van der Waals surface area contributed by atoms with Crippen molar-refractivity contribution < 1.29 is 23.7 Å². The number of hydrogen-bond donors (Lipinski definition) is 3. The maximum absolute atomic E-state index is 13.0. The first-order valence-electron chi connectivity index (χ1n) is 10.0. The molecule has 32 heavy (non-hydrogen) atoms. The van der Waals surface area contributed by atoms with Gasteiger partial charge in [-0.1, -0.05) is 45.0 Å². The lowest BCUT2D eigenvalue weighted by Crippen LogP contribution is -2.40. The van der Waals surface area contributed by atoms with E-state index in [1.54, 1.807) is 48.5 Å². The highest BCUT2D eigenvalue weighted by molar-refractivity contribution is 7.92. The zero-order chi connectivity index (χ0) is 23.5. The number of carbonyl (C=O) groups excluding carboxylic acids is 1. The van der Waals surface area contributed by atoms with E-state index in [4.69, 9.17) is 4.74 Å². The van der Waals surface area contributed by atoms with Crippen molar-refractivity contribution in [3.8, 4) is 5.75 Å². The second-order valence-electron chi connectivity index (χ2n) is 8.42. The zero-order valence-electron chi connectivity index (χ0n) is 18.6. The van der Waals surface area contributed by atoms with Crippen LogP contribution in [0.5, 0.6) is 5.75 Å². The van der Waals surface area contributed by atoms with Gasteiger partial charge in [-0.3, -0.25) is 9.52 Å². The SMILES string of the molecule is COc1ccc([NH3+])cc1S(=O)(=O)Nc1ccccc1NC(=O)c1ccc(C(C)(C)C)cc1. The number of ether oxygens (including phenoxy) is 1. The standard InChI is InChI=1S/C24H27N3O4S/c1-24(2,3)17-11-9-16(10-12-17)23(28)26-19-7-5-6-8-20(19)27-32(29,30)22-15-18(25)13-14-21(22)31-4/h5-15,27H,25H2,1-4H3,(H,26,28)/p+1. The van der Waals surface area contributed by atoms with Crippen LogP contribution in [0, 0.1) is 0 Å². The van der Waals surface area contributed by atoms with E-state index in [0.717, 1.165) is 5.56 Å². The van der Waals surface area contributed by atoms with Crippen LogP contribution in [-0.4, -0.2) is 21.4 Å². The summed E-state index contributed by atoms with van der Waals surface area (Å²) in [5.41, 5.74) is 6.46. The van der Waals surface area contributed by atoms with E-state index in [9.17, 15) is 13.2 Å². The third-order valence-corrected chi connectivity index (χ3v) is 6.34. The Morgan fingerprint density at radius 1 is 0.938 bits per heavy atom. The summed E-state index contributed by atoms with van der Waals surface area (Å²) in [5.74, 6) is -0.139. The molecule has 8 heteroatoms. The normalized spacial score (nSPS) is 11.7. The van der Waals surface area contributed by atoms with Gasteiger partial charge in [-0.05, 0) is 41.3 Å². The van der Waals surface area contributed by atoms with Crippen LogP contribution in [0.25, 0.3) is 0 Å². The first-order valence-corrected chi connectivity index (χ1v) is 11.5. The molecule has 0 saturated carbocycles. The largest absolute Gasteiger partial charge is 0.495 e. The molecule has 0 aromatic heterocycles. The number of para-hydroxylation sites is 2. The topological polar surface area (TPSA) is 112 Å². The fourth-order valence-electron chi connectivity index (χ4n) is 3.13. The maximum Gasteiger partial charge on any atom is 0.265 e. The van der Waals surface area contributed by atoms with Crippen LogP contribution in [0.15, 0.2) is 71.6 Å². The minimum atomic E-state index is -3.99. The van der Waals surface area contributed by atoms with Crippen molar-refractivity contribution in [2.24, 2.45) is 0 Å². The van der Waals surface area contributed by atoms with Crippen molar-refractivity contribution in [1.29, 1.82) is 0 Å².